The van der Waals surface area contributed by atoms with Crippen molar-refractivity contribution < 1.29 is 4.74 Å². The number of nitrogens with zero attached hydrogens (tertiary/aromatic N) is 2. The lowest BCUT2D eigenvalue weighted by atomic mass is 10.1. The van der Waals surface area contributed by atoms with E-state index in [9.17, 15) is 0 Å². The minimum absolute atomic E-state index is 0.0266. The number of halogens is 2. The summed E-state index contributed by atoms with van der Waals surface area (Å²) in [6.07, 6.45) is 3.31. The van der Waals surface area contributed by atoms with Crippen molar-refractivity contribution in [3.63, 3.8) is 0 Å². The highest BCUT2D eigenvalue weighted by atomic mass is 79.9. The van der Waals surface area contributed by atoms with Crippen LogP contribution < -0.4 is 10.1 Å². The second kappa shape index (κ2) is 6.78. The van der Waals surface area contributed by atoms with Gasteiger partial charge in [0.05, 0.1) is 16.9 Å². The topological polar surface area (TPSA) is 47.0 Å². The molecule has 2 aromatic heterocycles. The first-order valence-corrected chi connectivity index (χ1v) is 8.10. The van der Waals surface area contributed by atoms with Gasteiger partial charge in [0.2, 0.25) is 5.88 Å². The van der Waals surface area contributed by atoms with E-state index in [1.807, 2.05) is 0 Å². The van der Waals surface area contributed by atoms with Crippen LogP contribution in [0.25, 0.3) is 0 Å². The Kier molecular flexibility index (Phi) is 5.32. The van der Waals surface area contributed by atoms with Gasteiger partial charge in [-0.05, 0) is 44.5 Å². The smallest absolute Gasteiger partial charge is 0.237 e. The number of nitrogens with one attached hydrogen (secondary N) is 1. The summed E-state index contributed by atoms with van der Waals surface area (Å²) >= 11 is 8.69. The zero-order chi connectivity index (χ0) is 13.8. The van der Waals surface area contributed by atoms with E-state index in [0.29, 0.717) is 5.88 Å². The summed E-state index contributed by atoms with van der Waals surface area (Å²) in [6, 6.07) is 2.05. The highest BCUT2D eigenvalue weighted by molar-refractivity contribution is 9.13. The van der Waals surface area contributed by atoms with Gasteiger partial charge < -0.3 is 10.1 Å². The summed E-state index contributed by atoms with van der Waals surface area (Å²) in [5.41, 5.74) is 0.799. The molecule has 2 aromatic rings. The maximum atomic E-state index is 5.30. The first kappa shape index (κ1) is 14.9. The van der Waals surface area contributed by atoms with Crippen LogP contribution >= 0.6 is 43.2 Å². The molecule has 0 spiro atoms. The first-order chi connectivity index (χ1) is 9.17. The Balaban J connectivity index is 2.44. The Morgan fingerprint density at radius 3 is 2.68 bits per heavy atom. The minimum Gasteiger partial charge on any atom is -0.480 e. The summed E-state index contributed by atoms with van der Waals surface area (Å²) in [6.45, 7) is 2.89. The molecule has 4 nitrogen and oxygen atoms in total. The third kappa shape index (κ3) is 3.34. The highest BCUT2D eigenvalue weighted by Gasteiger charge is 2.22. The Morgan fingerprint density at radius 1 is 1.37 bits per heavy atom. The quantitative estimate of drug-likeness (QED) is 0.820. The van der Waals surface area contributed by atoms with Crippen LogP contribution in [0.3, 0.4) is 0 Å². The fourth-order valence-corrected chi connectivity index (χ4v) is 3.90. The van der Waals surface area contributed by atoms with E-state index in [0.717, 1.165) is 25.4 Å². The number of hydrogen-bond acceptors (Lipinski definition) is 5. The van der Waals surface area contributed by atoms with Crippen molar-refractivity contribution >= 4 is 43.2 Å². The van der Waals surface area contributed by atoms with Crippen LogP contribution in [0.2, 0.25) is 0 Å². The largest absolute Gasteiger partial charge is 0.480 e. The Bertz CT molecular complexity index is 542. The van der Waals surface area contributed by atoms with Crippen molar-refractivity contribution in [1.82, 2.24) is 15.3 Å². The van der Waals surface area contributed by atoms with Gasteiger partial charge in [-0.15, -0.1) is 11.3 Å². The molecule has 2 heterocycles. The molecule has 0 aliphatic carbocycles. The van der Waals surface area contributed by atoms with Crippen molar-refractivity contribution in [2.75, 3.05) is 13.7 Å². The predicted molar refractivity (Wildman–Crippen MR) is 83.8 cm³/mol. The number of aromatic nitrogens is 2. The van der Waals surface area contributed by atoms with Crippen molar-refractivity contribution in [2.45, 2.75) is 13.0 Å². The van der Waals surface area contributed by atoms with E-state index >= 15 is 0 Å². The molecule has 0 amide bonds. The summed E-state index contributed by atoms with van der Waals surface area (Å²) in [5.74, 6) is 0.550. The van der Waals surface area contributed by atoms with Crippen molar-refractivity contribution in [3.8, 4) is 5.88 Å². The molecule has 1 unspecified atom stereocenters. The standard InChI is InChI=1S/C12H13Br2N3OS/c1-3-15-9(8-6-7(13)11(14)19-8)10-12(18-2)17-5-4-16-10/h4-6,9,15H,3H2,1-2H3. The lowest BCUT2D eigenvalue weighted by Gasteiger charge is -2.17. The monoisotopic (exact) mass is 405 g/mol. The predicted octanol–water partition coefficient (Wildman–Crippen LogP) is 3.77. The number of methoxy groups -OCH3 is 1. The molecule has 0 saturated carbocycles. The van der Waals surface area contributed by atoms with Gasteiger partial charge in [0.25, 0.3) is 0 Å². The number of hydrogen-bond donors (Lipinski definition) is 1. The van der Waals surface area contributed by atoms with Gasteiger partial charge in [-0.25, -0.2) is 4.98 Å². The first-order valence-electron chi connectivity index (χ1n) is 5.70. The molecule has 0 aromatic carbocycles. The number of rotatable bonds is 5. The van der Waals surface area contributed by atoms with E-state index in [1.165, 1.54) is 0 Å². The molecular weight excluding hydrogens is 394 g/mol. The lowest BCUT2D eigenvalue weighted by Crippen LogP contribution is -2.23. The van der Waals surface area contributed by atoms with Gasteiger partial charge >= 0.3 is 0 Å². The molecule has 0 aliphatic rings. The molecule has 0 saturated heterocycles. The van der Waals surface area contributed by atoms with Crippen LogP contribution in [0.15, 0.2) is 26.7 Å². The summed E-state index contributed by atoms with van der Waals surface area (Å²) in [7, 11) is 1.61. The second-order valence-electron chi connectivity index (χ2n) is 3.71. The summed E-state index contributed by atoms with van der Waals surface area (Å²) < 4.78 is 7.40. The van der Waals surface area contributed by atoms with Crippen LogP contribution in [0.5, 0.6) is 5.88 Å². The molecular formula is C12H13Br2N3OS. The Morgan fingerprint density at radius 2 is 2.11 bits per heavy atom. The number of ether oxygens (including phenoxy) is 1. The fourth-order valence-electron chi connectivity index (χ4n) is 1.73. The fraction of sp³-hybridized carbons (Fsp3) is 0.333. The van der Waals surface area contributed by atoms with Crippen LogP contribution in [-0.4, -0.2) is 23.6 Å². The van der Waals surface area contributed by atoms with Crippen LogP contribution in [0.1, 0.15) is 23.5 Å². The molecule has 7 heteroatoms. The van der Waals surface area contributed by atoms with Gasteiger partial charge in [0, 0.05) is 21.7 Å². The molecule has 0 bridgehead atoms. The van der Waals surface area contributed by atoms with Gasteiger partial charge in [-0.1, -0.05) is 6.92 Å². The van der Waals surface area contributed by atoms with Crippen molar-refractivity contribution in [3.05, 3.63) is 37.3 Å². The van der Waals surface area contributed by atoms with Crippen molar-refractivity contribution in [2.24, 2.45) is 0 Å². The third-order valence-electron chi connectivity index (χ3n) is 2.51. The molecule has 0 aliphatic heterocycles. The van der Waals surface area contributed by atoms with E-state index in [4.69, 9.17) is 4.74 Å². The van der Waals surface area contributed by atoms with Crippen LogP contribution in [0.4, 0.5) is 0 Å². The Labute approximate surface area is 132 Å². The maximum Gasteiger partial charge on any atom is 0.237 e. The maximum absolute atomic E-state index is 5.30. The zero-order valence-electron chi connectivity index (χ0n) is 10.5. The average Bonchev–Trinajstić information content (AvgIpc) is 2.76. The van der Waals surface area contributed by atoms with Gasteiger partial charge in [0.15, 0.2) is 0 Å². The molecule has 0 fully saturated rings. The van der Waals surface area contributed by atoms with E-state index in [1.54, 1.807) is 30.8 Å². The van der Waals surface area contributed by atoms with E-state index in [-0.39, 0.29) is 6.04 Å². The lowest BCUT2D eigenvalue weighted by molar-refractivity contribution is 0.383. The zero-order valence-corrected chi connectivity index (χ0v) is 14.5. The third-order valence-corrected chi connectivity index (χ3v) is 5.84. The summed E-state index contributed by atoms with van der Waals surface area (Å²) in [5, 5.41) is 3.42. The van der Waals surface area contributed by atoms with Gasteiger partial charge in [-0.2, -0.15) is 0 Å². The van der Waals surface area contributed by atoms with Crippen molar-refractivity contribution in [1.29, 1.82) is 0 Å². The molecule has 2 rings (SSSR count). The number of thiophene rings is 1. The second-order valence-corrected chi connectivity index (χ2v) is 6.97. The van der Waals surface area contributed by atoms with Crippen LogP contribution in [0, 0.1) is 0 Å². The van der Waals surface area contributed by atoms with E-state index < -0.39 is 0 Å². The molecule has 1 N–H and O–H groups in total. The van der Waals surface area contributed by atoms with Gasteiger partial charge in [0.1, 0.15) is 5.69 Å². The molecule has 0 radical (unpaired) electrons. The average molecular weight is 407 g/mol. The molecule has 102 valence electrons. The summed E-state index contributed by atoms with van der Waals surface area (Å²) in [4.78, 5) is 9.77. The molecule has 1 atom stereocenters. The minimum atomic E-state index is -0.0266. The van der Waals surface area contributed by atoms with E-state index in [2.05, 4.69) is 60.1 Å². The SMILES string of the molecule is CCNC(c1cc(Br)c(Br)s1)c1nccnc1OC. The van der Waals surface area contributed by atoms with Crippen LogP contribution in [-0.2, 0) is 0 Å². The normalized spacial score (nSPS) is 12.4. The Hall–Kier alpha value is -0.500. The van der Waals surface area contributed by atoms with Gasteiger partial charge in [-0.3, -0.25) is 4.98 Å². The molecule has 19 heavy (non-hydrogen) atoms. The highest BCUT2D eigenvalue weighted by Crippen LogP contribution is 2.38.